The van der Waals surface area contributed by atoms with Crippen molar-refractivity contribution in [3.05, 3.63) is 75.6 Å². The molecule has 3 aromatic rings. The van der Waals surface area contributed by atoms with Crippen molar-refractivity contribution >= 4 is 29.2 Å². The SMILES string of the molecule is Cc1ccc(SCc2nnc(SCc3ccc([N+](=O)[O-])cc3)n2C)cc1. The van der Waals surface area contributed by atoms with Crippen LogP contribution in [0.5, 0.6) is 0 Å². The molecule has 0 amide bonds. The molecule has 26 heavy (non-hydrogen) atoms. The van der Waals surface area contributed by atoms with Gasteiger partial charge in [-0.2, -0.15) is 0 Å². The van der Waals surface area contributed by atoms with Crippen molar-refractivity contribution in [1.29, 1.82) is 0 Å². The topological polar surface area (TPSA) is 73.8 Å². The molecule has 0 saturated heterocycles. The second kappa shape index (κ2) is 8.37. The molecule has 2 aromatic carbocycles. The van der Waals surface area contributed by atoms with Gasteiger partial charge in [-0.25, -0.2) is 0 Å². The fraction of sp³-hybridized carbons (Fsp3) is 0.222. The van der Waals surface area contributed by atoms with Gasteiger partial charge < -0.3 is 4.57 Å². The Balaban J connectivity index is 1.58. The Morgan fingerprint density at radius 2 is 1.69 bits per heavy atom. The maximum absolute atomic E-state index is 10.7. The van der Waals surface area contributed by atoms with Crippen LogP contribution in [-0.4, -0.2) is 19.7 Å². The first-order valence-corrected chi connectivity index (χ1v) is 9.94. The van der Waals surface area contributed by atoms with E-state index >= 15 is 0 Å². The second-order valence-electron chi connectivity index (χ2n) is 5.77. The summed E-state index contributed by atoms with van der Waals surface area (Å²) in [6.45, 7) is 2.07. The van der Waals surface area contributed by atoms with Gasteiger partial charge in [0.15, 0.2) is 5.16 Å². The molecule has 0 saturated carbocycles. The Labute approximate surface area is 160 Å². The summed E-state index contributed by atoms with van der Waals surface area (Å²) in [4.78, 5) is 11.5. The highest BCUT2D eigenvalue weighted by Gasteiger charge is 2.11. The summed E-state index contributed by atoms with van der Waals surface area (Å²) in [6, 6.07) is 15.0. The van der Waals surface area contributed by atoms with E-state index in [-0.39, 0.29) is 5.69 Å². The van der Waals surface area contributed by atoms with E-state index in [0.29, 0.717) is 5.75 Å². The monoisotopic (exact) mass is 386 g/mol. The fourth-order valence-electron chi connectivity index (χ4n) is 2.24. The van der Waals surface area contributed by atoms with Crippen LogP contribution in [0, 0.1) is 17.0 Å². The summed E-state index contributed by atoms with van der Waals surface area (Å²) in [6.07, 6.45) is 0. The zero-order chi connectivity index (χ0) is 18.5. The van der Waals surface area contributed by atoms with Crippen LogP contribution in [-0.2, 0) is 18.6 Å². The van der Waals surface area contributed by atoms with Crippen molar-refractivity contribution < 1.29 is 4.92 Å². The van der Waals surface area contributed by atoms with Crippen LogP contribution in [0.25, 0.3) is 0 Å². The molecule has 8 heteroatoms. The van der Waals surface area contributed by atoms with Gasteiger partial charge in [-0.3, -0.25) is 10.1 Å². The molecule has 0 bridgehead atoms. The van der Waals surface area contributed by atoms with Crippen LogP contribution in [0.4, 0.5) is 5.69 Å². The summed E-state index contributed by atoms with van der Waals surface area (Å²) in [5.41, 5.74) is 2.37. The lowest BCUT2D eigenvalue weighted by atomic mass is 10.2. The standard InChI is InChI=1S/C18H18N4O2S2/c1-13-3-9-16(10-4-13)25-12-17-19-20-18(21(17)2)26-11-14-5-7-15(8-6-14)22(23)24/h3-10H,11-12H2,1-2H3. The highest BCUT2D eigenvalue weighted by Crippen LogP contribution is 2.26. The molecule has 1 heterocycles. The van der Waals surface area contributed by atoms with E-state index in [1.54, 1.807) is 35.7 Å². The third-order valence-corrected chi connectivity index (χ3v) is 5.93. The predicted octanol–water partition coefficient (Wildman–Crippen LogP) is 4.62. The maximum atomic E-state index is 10.7. The summed E-state index contributed by atoms with van der Waals surface area (Å²) in [7, 11) is 1.96. The normalized spacial score (nSPS) is 10.8. The van der Waals surface area contributed by atoms with Gasteiger partial charge in [0.25, 0.3) is 5.69 Å². The van der Waals surface area contributed by atoms with Crippen LogP contribution in [0.2, 0.25) is 0 Å². The van der Waals surface area contributed by atoms with Gasteiger partial charge in [0.1, 0.15) is 5.82 Å². The van der Waals surface area contributed by atoms with E-state index in [1.165, 1.54) is 22.6 Å². The first-order valence-electron chi connectivity index (χ1n) is 7.97. The van der Waals surface area contributed by atoms with Gasteiger partial charge >= 0.3 is 0 Å². The first-order chi connectivity index (χ1) is 12.5. The molecule has 0 unspecified atom stereocenters. The number of non-ortho nitro benzene ring substituents is 1. The van der Waals surface area contributed by atoms with E-state index in [4.69, 9.17) is 0 Å². The van der Waals surface area contributed by atoms with Crippen LogP contribution >= 0.6 is 23.5 Å². The van der Waals surface area contributed by atoms with Crippen molar-refractivity contribution in [3.8, 4) is 0 Å². The number of thioether (sulfide) groups is 2. The molecule has 3 rings (SSSR count). The van der Waals surface area contributed by atoms with Gasteiger partial charge in [-0.15, -0.1) is 22.0 Å². The average molecular weight is 387 g/mol. The smallest absolute Gasteiger partial charge is 0.269 e. The highest BCUT2D eigenvalue weighted by atomic mass is 32.2. The number of nitro groups is 1. The minimum Gasteiger partial charge on any atom is -0.308 e. The number of hydrogen-bond acceptors (Lipinski definition) is 6. The van der Waals surface area contributed by atoms with Crippen LogP contribution in [0.1, 0.15) is 17.0 Å². The van der Waals surface area contributed by atoms with Crippen molar-refractivity contribution in [2.24, 2.45) is 7.05 Å². The highest BCUT2D eigenvalue weighted by molar-refractivity contribution is 7.98. The van der Waals surface area contributed by atoms with E-state index in [2.05, 4.69) is 41.4 Å². The number of benzene rings is 2. The summed E-state index contributed by atoms with van der Waals surface area (Å²) >= 11 is 3.30. The largest absolute Gasteiger partial charge is 0.308 e. The van der Waals surface area contributed by atoms with E-state index in [0.717, 1.165) is 22.3 Å². The number of aromatic nitrogens is 3. The molecule has 0 N–H and O–H groups in total. The third kappa shape index (κ3) is 4.64. The molecular weight excluding hydrogens is 368 g/mol. The Hall–Kier alpha value is -2.32. The van der Waals surface area contributed by atoms with Crippen LogP contribution < -0.4 is 0 Å². The number of aryl methyl sites for hydroxylation is 1. The quantitative estimate of drug-likeness (QED) is 0.335. The number of nitro benzene ring substituents is 1. The van der Waals surface area contributed by atoms with Crippen molar-refractivity contribution in [2.75, 3.05) is 0 Å². The second-order valence-corrected chi connectivity index (χ2v) is 7.76. The van der Waals surface area contributed by atoms with Crippen molar-refractivity contribution in [1.82, 2.24) is 14.8 Å². The van der Waals surface area contributed by atoms with Gasteiger partial charge in [0.05, 0.1) is 10.7 Å². The molecule has 0 aliphatic heterocycles. The molecular formula is C18H18N4O2S2. The minimum atomic E-state index is -0.391. The fourth-order valence-corrected chi connectivity index (χ4v) is 4.00. The molecule has 0 atom stereocenters. The molecule has 6 nitrogen and oxygen atoms in total. The summed E-state index contributed by atoms with van der Waals surface area (Å²) < 4.78 is 2.00. The number of rotatable bonds is 7. The Kier molecular flexibility index (Phi) is 5.95. The molecule has 0 aliphatic carbocycles. The molecule has 0 fully saturated rings. The summed E-state index contributed by atoms with van der Waals surface area (Å²) in [5, 5.41) is 20.1. The van der Waals surface area contributed by atoms with Crippen LogP contribution in [0.15, 0.2) is 58.6 Å². The maximum Gasteiger partial charge on any atom is 0.269 e. The van der Waals surface area contributed by atoms with E-state index in [1.807, 2.05) is 11.6 Å². The lowest BCUT2D eigenvalue weighted by Gasteiger charge is -2.04. The van der Waals surface area contributed by atoms with Gasteiger partial charge in [0, 0.05) is 29.8 Å². The summed E-state index contributed by atoms with van der Waals surface area (Å²) in [5.74, 6) is 2.36. The van der Waals surface area contributed by atoms with E-state index < -0.39 is 4.92 Å². The van der Waals surface area contributed by atoms with Crippen molar-refractivity contribution in [3.63, 3.8) is 0 Å². The van der Waals surface area contributed by atoms with Gasteiger partial charge in [0.2, 0.25) is 0 Å². The average Bonchev–Trinajstić information content (AvgIpc) is 3.00. The van der Waals surface area contributed by atoms with Gasteiger partial charge in [-0.1, -0.05) is 41.6 Å². The Bertz CT molecular complexity index is 893. The van der Waals surface area contributed by atoms with E-state index in [9.17, 15) is 10.1 Å². The Morgan fingerprint density at radius 1 is 1.00 bits per heavy atom. The van der Waals surface area contributed by atoms with Crippen LogP contribution in [0.3, 0.4) is 0 Å². The predicted molar refractivity (Wildman–Crippen MR) is 104 cm³/mol. The number of hydrogen-bond donors (Lipinski definition) is 0. The zero-order valence-electron chi connectivity index (χ0n) is 14.5. The zero-order valence-corrected chi connectivity index (χ0v) is 16.1. The molecule has 0 aliphatic rings. The van der Waals surface area contributed by atoms with Crippen molar-refractivity contribution in [2.45, 2.75) is 28.5 Å². The number of nitrogens with zero attached hydrogens (tertiary/aromatic N) is 4. The minimum absolute atomic E-state index is 0.104. The molecule has 1 aromatic heterocycles. The molecule has 0 spiro atoms. The third-order valence-electron chi connectivity index (χ3n) is 3.83. The molecule has 134 valence electrons. The van der Waals surface area contributed by atoms with Gasteiger partial charge in [-0.05, 0) is 24.6 Å². The molecule has 0 radical (unpaired) electrons. The lowest BCUT2D eigenvalue weighted by Crippen LogP contribution is -1.97. The first kappa shape index (κ1) is 18.5. The Morgan fingerprint density at radius 3 is 2.35 bits per heavy atom. The lowest BCUT2D eigenvalue weighted by molar-refractivity contribution is -0.384.